The summed E-state index contributed by atoms with van der Waals surface area (Å²) in [7, 11) is 0. The molecule has 0 N–H and O–H groups in total. The molecule has 3 rings (SSSR count). The van der Waals surface area contributed by atoms with E-state index in [0.717, 1.165) is 16.3 Å². The zero-order chi connectivity index (χ0) is 14.7. The third-order valence-corrected chi connectivity index (χ3v) is 3.69. The molecule has 2 aromatic heterocycles. The summed E-state index contributed by atoms with van der Waals surface area (Å²) in [5.74, 6) is 0.568. The van der Waals surface area contributed by atoms with Gasteiger partial charge in [0.2, 0.25) is 0 Å². The first kappa shape index (κ1) is 13.3. The van der Waals surface area contributed by atoms with Crippen LogP contribution in [-0.4, -0.2) is 9.91 Å². The molecule has 0 bridgehead atoms. The minimum atomic E-state index is -0.443. The Hall–Kier alpha value is -2.67. The van der Waals surface area contributed by atoms with Crippen LogP contribution in [0.4, 0.5) is 5.69 Å². The third kappa shape index (κ3) is 3.09. The molecule has 0 amide bonds. The fourth-order valence-electron chi connectivity index (χ4n) is 1.71. The van der Waals surface area contributed by atoms with Crippen LogP contribution in [0.2, 0.25) is 0 Å². The number of non-ortho nitro benzene ring substituents is 1. The number of benzene rings is 1. The van der Waals surface area contributed by atoms with Crippen molar-refractivity contribution >= 4 is 17.0 Å². The lowest BCUT2D eigenvalue weighted by Gasteiger charge is -2.03. The summed E-state index contributed by atoms with van der Waals surface area (Å²) in [5.41, 5.74) is 1.77. The molecule has 6 nitrogen and oxygen atoms in total. The lowest BCUT2D eigenvalue weighted by Crippen LogP contribution is -1.96. The quantitative estimate of drug-likeness (QED) is 0.527. The highest BCUT2D eigenvalue weighted by Gasteiger charge is 2.08. The standard InChI is InChI=1S/C14H10N2O4S/c17-16(18)12-1-3-13(4-2-12)20-8-11-9-21-14(15-11)10-5-6-19-7-10/h1-7,9H,8H2. The number of nitrogens with zero attached hydrogens (tertiary/aromatic N) is 2. The number of rotatable bonds is 5. The molecule has 0 saturated carbocycles. The molecule has 7 heteroatoms. The second kappa shape index (κ2) is 5.76. The Balaban J connectivity index is 1.64. The van der Waals surface area contributed by atoms with Crippen molar-refractivity contribution in [3.05, 3.63) is 64.0 Å². The summed E-state index contributed by atoms with van der Waals surface area (Å²) >= 11 is 1.51. The largest absolute Gasteiger partial charge is 0.487 e. The van der Waals surface area contributed by atoms with E-state index in [9.17, 15) is 10.1 Å². The van der Waals surface area contributed by atoms with Crippen molar-refractivity contribution in [2.24, 2.45) is 0 Å². The highest BCUT2D eigenvalue weighted by atomic mass is 32.1. The predicted molar refractivity (Wildman–Crippen MR) is 77.2 cm³/mol. The number of furan rings is 1. The van der Waals surface area contributed by atoms with Crippen molar-refractivity contribution in [1.82, 2.24) is 4.98 Å². The summed E-state index contributed by atoms with van der Waals surface area (Å²) in [5, 5.41) is 13.3. The average molecular weight is 302 g/mol. The molecular weight excluding hydrogens is 292 g/mol. The zero-order valence-corrected chi connectivity index (χ0v) is 11.6. The van der Waals surface area contributed by atoms with Crippen molar-refractivity contribution in [3.8, 4) is 16.3 Å². The first-order valence-electron chi connectivity index (χ1n) is 6.06. The Labute approximate surface area is 123 Å². The molecular formula is C14H10N2O4S. The van der Waals surface area contributed by atoms with Gasteiger partial charge in [-0.2, -0.15) is 0 Å². The van der Waals surface area contributed by atoms with Crippen LogP contribution in [0.1, 0.15) is 5.69 Å². The molecule has 0 spiro atoms. The van der Waals surface area contributed by atoms with Crippen molar-refractivity contribution in [3.63, 3.8) is 0 Å². The summed E-state index contributed by atoms with van der Waals surface area (Å²) in [6.45, 7) is 0.312. The Morgan fingerprint density at radius 3 is 2.76 bits per heavy atom. The minimum absolute atomic E-state index is 0.0400. The van der Waals surface area contributed by atoms with E-state index in [1.54, 1.807) is 24.7 Å². The van der Waals surface area contributed by atoms with Crippen molar-refractivity contribution < 1.29 is 14.1 Å². The van der Waals surface area contributed by atoms with E-state index in [0.29, 0.717) is 12.4 Å². The summed E-state index contributed by atoms with van der Waals surface area (Å²) in [4.78, 5) is 14.6. The molecule has 0 unspecified atom stereocenters. The SMILES string of the molecule is O=[N+]([O-])c1ccc(OCc2csc(-c3ccoc3)n2)cc1. The highest BCUT2D eigenvalue weighted by molar-refractivity contribution is 7.13. The number of hydrogen-bond acceptors (Lipinski definition) is 6. The first-order chi connectivity index (χ1) is 10.2. The van der Waals surface area contributed by atoms with E-state index in [2.05, 4.69) is 4.98 Å². The summed E-state index contributed by atoms with van der Waals surface area (Å²) in [6.07, 6.45) is 3.24. The van der Waals surface area contributed by atoms with Crippen LogP contribution in [-0.2, 0) is 6.61 Å². The normalized spacial score (nSPS) is 10.5. The maximum atomic E-state index is 10.6. The Bertz CT molecular complexity index is 735. The van der Waals surface area contributed by atoms with Gasteiger partial charge in [-0.05, 0) is 18.2 Å². The monoisotopic (exact) mass is 302 g/mol. The molecule has 106 valence electrons. The van der Waals surface area contributed by atoms with Gasteiger partial charge in [-0.25, -0.2) is 4.98 Å². The van der Waals surface area contributed by atoms with Crippen molar-refractivity contribution in [1.29, 1.82) is 0 Å². The molecule has 0 fully saturated rings. The van der Waals surface area contributed by atoms with Crippen LogP contribution < -0.4 is 4.74 Å². The summed E-state index contributed by atoms with van der Waals surface area (Å²) < 4.78 is 10.6. The van der Waals surface area contributed by atoms with Crippen LogP contribution in [0.3, 0.4) is 0 Å². The Morgan fingerprint density at radius 2 is 2.10 bits per heavy atom. The van der Waals surface area contributed by atoms with E-state index in [-0.39, 0.29) is 5.69 Å². The number of ether oxygens (including phenoxy) is 1. The maximum absolute atomic E-state index is 10.6. The van der Waals surface area contributed by atoms with Gasteiger partial charge in [0.15, 0.2) is 0 Å². The van der Waals surface area contributed by atoms with Crippen molar-refractivity contribution in [2.45, 2.75) is 6.61 Å². The van der Waals surface area contributed by atoms with Gasteiger partial charge in [0.1, 0.15) is 23.6 Å². The molecule has 21 heavy (non-hydrogen) atoms. The molecule has 0 aliphatic rings. The molecule has 3 aromatic rings. The topological polar surface area (TPSA) is 78.4 Å². The number of aromatic nitrogens is 1. The molecule has 1 aromatic carbocycles. The van der Waals surface area contributed by atoms with E-state index in [4.69, 9.17) is 9.15 Å². The van der Waals surface area contributed by atoms with E-state index < -0.39 is 4.92 Å². The maximum Gasteiger partial charge on any atom is 0.269 e. The molecule has 2 heterocycles. The van der Waals surface area contributed by atoms with E-state index in [1.807, 2.05) is 11.4 Å². The minimum Gasteiger partial charge on any atom is -0.487 e. The zero-order valence-electron chi connectivity index (χ0n) is 10.8. The number of hydrogen-bond donors (Lipinski definition) is 0. The molecule has 0 saturated heterocycles. The highest BCUT2D eigenvalue weighted by Crippen LogP contribution is 2.25. The van der Waals surface area contributed by atoms with Gasteiger partial charge in [-0.1, -0.05) is 0 Å². The fourth-order valence-corrected chi connectivity index (χ4v) is 2.50. The summed E-state index contributed by atoms with van der Waals surface area (Å²) in [6, 6.07) is 7.81. The van der Waals surface area contributed by atoms with Gasteiger partial charge in [0.05, 0.1) is 16.9 Å². The van der Waals surface area contributed by atoms with Gasteiger partial charge < -0.3 is 9.15 Å². The fraction of sp³-hybridized carbons (Fsp3) is 0.0714. The third-order valence-electron chi connectivity index (χ3n) is 2.75. The Kier molecular flexibility index (Phi) is 3.65. The van der Waals surface area contributed by atoms with Crippen LogP contribution in [0, 0.1) is 10.1 Å². The predicted octanol–water partition coefficient (Wildman–Crippen LogP) is 3.89. The van der Waals surface area contributed by atoms with Gasteiger partial charge in [0, 0.05) is 23.1 Å². The molecule has 0 atom stereocenters. The second-order valence-electron chi connectivity index (χ2n) is 4.20. The first-order valence-corrected chi connectivity index (χ1v) is 6.94. The number of nitro benzene ring substituents is 1. The van der Waals surface area contributed by atoms with Crippen LogP contribution in [0.25, 0.3) is 10.6 Å². The number of thiazole rings is 1. The van der Waals surface area contributed by atoms with Crippen LogP contribution in [0.15, 0.2) is 52.7 Å². The average Bonchev–Trinajstić information content (AvgIpc) is 3.16. The van der Waals surface area contributed by atoms with Gasteiger partial charge in [-0.15, -0.1) is 11.3 Å². The smallest absolute Gasteiger partial charge is 0.269 e. The molecule has 0 aliphatic heterocycles. The van der Waals surface area contributed by atoms with Crippen molar-refractivity contribution in [2.75, 3.05) is 0 Å². The number of nitro groups is 1. The molecule has 0 radical (unpaired) electrons. The second-order valence-corrected chi connectivity index (χ2v) is 5.05. The lowest BCUT2D eigenvalue weighted by molar-refractivity contribution is -0.384. The van der Waals surface area contributed by atoms with Gasteiger partial charge in [0.25, 0.3) is 5.69 Å². The van der Waals surface area contributed by atoms with E-state index in [1.165, 1.54) is 23.5 Å². The Morgan fingerprint density at radius 1 is 1.29 bits per heavy atom. The van der Waals surface area contributed by atoms with Crippen LogP contribution in [0.5, 0.6) is 5.75 Å². The van der Waals surface area contributed by atoms with Gasteiger partial charge in [-0.3, -0.25) is 10.1 Å². The van der Waals surface area contributed by atoms with Crippen LogP contribution >= 0.6 is 11.3 Å². The lowest BCUT2D eigenvalue weighted by atomic mass is 10.3. The molecule has 0 aliphatic carbocycles. The van der Waals surface area contributed by atoms with Gasteiger partial charge >= 0.3 is 0 Å². The van der Waals surface area contributed by atoms with E-state index >= 15 is 0 Å².